The van der Waals surface area contributed by atoms with Gasteiger partial charge in [-0.25, -0.2) is 4.68 Å². The molecule has 1 aromatic carbocycles. The molecule has 2 heterocycles. The number of amides is 1. The molecule has 3 aromatic rings. The van der Waals surface area contributed by atoms with Crippen LogP contribution in [0.3, 0.4) is 0 Å². The molecule has 0 spiro atoms. The van der Waals surface area contributed by atoms with Gasteiger partial charge >= 0.3 is 6.18 Å². The Kier molecular flexibility index (Phi) is 4.26. The summed E-state index contributed by atoms with van der Waals surface area (Å²) in [6.07, 6.45) is -0.464. The zero-order valence-corrected chi connectivity index (χ0v) is 13.0. The van der Waals surface area contributed by atoms with Gasteiger partial charge in [-0.05, 0) is 31.2 Å². The van der Waals surface area contributed by atoms with E-state index in [1.165, 1.54) is 10.9 Å². The molecule has 0 atom stereocenters. The van der Waals surface area contributed by atoms with Crippen molar-refractivity contribution in [2.75, 3.05) is 5.32 Å². The van der Waals surface area contributed by atoms with E-state index in [0.717, 1.165) is 10.9 Å². The van der Waals surface area contributed by atoms with Crippen LogP contribution < -0.4 is 5.32 Å². The molecule has 0 fully saturated rings. The summed E-state index contributed by atoms with van der Waals surface area (Å²) in [6.45, 7) is 1.86. The molecule has 7 nitrogen and oxygen atoms in total. The average molecular weight is 350 g/mol. The lowest BCUT2D eigenvalue weighted by Gasteiger charge is -2.08. The number of carbonyl (C=O) groups excluding carboxylic acids is 1. The highest BCUT2D eigenvalue weighted by molar-refractivity contribution is 6.05. The van der Waals surface area contributed by atoms with Crippen LogP contribution in [0.15, 0.2) is 42.9 Å². The quantitative estimate of drug-likeness (QED) is 0.785. The zero-order valence-electron chi connectivity index (χ0n) is 13.0. The molecule has 2 aromatic heterocycles. The summed E-state index contributed by atoms with van der Waals surface area (Å²) in [7, 11) is 0. The minimum absolute atomic E-state index is 0.225. The van der Waals surface area contributed by atoms with Crippen molar-refractivity contribution >= 4 is 11.6 Å². The van der Waals surface area contributed by atoms with E-state index in [-0.39, 0.29) is 6.54 Å². The Morgan fingerprint density at radius 1 is 1.24 bits per heavy atom. The first-order valence-electron chi connectivity index (χ1n) is 7.31. The molecular weight excluding hydrogens is 337 g/mol. The Bertz CT molecular complexity index is 868. The monoisotopic (exact) mass is 350 g/mol. The third-order valence-electron chi connectivity index (χ3n) is 3.41. The van der Waals surface area contributed by atoms with Crippen molar-refractivity contribution in [2.24, 2.45) is 0 Å². The number of hydrogen-bond donors (Lipinski definition) is 1. The molecule has 0 saturated carbocycles. The molecule has 0 aliphatic carbocycles. The van der Waals surface area contributed by atoms with E-state index >= 15 is 0 Å². The zero-order chi connectivity index (χ0) is 18.0. The molecule has 0 bridgehead atoms. The Balaban J connectivity index is 1.82. The van der Waals surface area contributed by atoms with Crippen LogP contribution in [0.2, 0.25) is 0 Å². The van der Waals surface area contributed by atoms with Crippen molar-refractivity contribution < 1.29 is 18.0 Å². The van der Waals surface area contributed by atoms with Crippen LogP contribution in [0, 0.1) is 0 Å². The van der Waals surface area contributed by atoms with Gasteiger partial charge in [0.25, 0.3) is 5.91 Å². The molecule has 1 N–H and O–H groups in total. The molecular formula is C15H13F3N6O. The van der Waals surface area contributed by atoms with Gasteiger partial charge in [0.1, 0.15) is 0 Å². The maximum atomic E-state index is 13.0. The highest BCUT2D eigenvalue weighted by Crippen LogP contribution is 2.31. The standard InChI is InChI=1S/C15H13F3N6O/c1-2-23-9-12(13(21-23)15(16,17)18)14(25)20-10-3-5-11(6-4-10)24-8-7-19-22-24/h3-9H,2H2,1H3,(H,20,25). The van der Waals surface area contributed by atoms with Gasteiger partial charge in [0, 0.05) is 18.4 Å². The summed E-state index contributed by atoms with van der Waals surface area (Å²) in [5.41, 5.74) is -0.669. The number of anilines is 1. The van der Waals surface area contributed by atoms with Gasteiger partial charge in [-0.3, -0.25) is 9.48 Å². The summed E-state index contributed by atoms with van der Waals surface area (Å²) in [5, 5.41) is 13.4. The predicted molar refractivity (Wildman–Crippen MR) is 82.2 cm³/mol. The SMILES string of the molecule is CCn1cc(C(=O)Nc2ccc(-n3ccnn3)cc2)c(C(F)(F)F)n1. The molecule has 3 rings (SSSR count). The number of alkyl halides is 3. The Morgan fingerprint density at radius 2 is 1.96 bits per heavy atom. The lowest BCUT2D eigenvalue weighted by atomic mass is 10.2. The summed E-state index contributed by atoms with van der Waals surface area (Å²) in [4.78, 5) is 12.2. The van der Waals surface area contributed by atoms with E-state index in [1.807, 2.05) is 0 Å². The molecule has 0 aliphatic heterocycles. The lowest BCUT2D eigenvalue weighted by molar-refractivity contribution is -0.141. The van der Waals surface area contributed by atoms with Crippen LogP contribution in [-0.2, 0) is 12.7 Å². The van der Waals surface area contributed by atoms with Gasteiger partial charge in [-0.15, -0.1) is 5.10 Å². The van der Waals surface area contributed by atoms with Crippen LogP contribution in [0.5, 0.6) is 0 Å². The van der Waals surface area contributed by atoms with Gasteiger partial charge in [-0.2, -0.15) is 18.3 Å². The first kappa shape index (κ1) is 16.7. The number of rotatable bonds is 4. The number of nitrogens with one attached hydrogen (secondary N) is 1. The summed E-state index contributed by atoms with van der Waals surface area (Å²) in [6, 6.07) is 6.44. The second-order valence-electron chi connectivity index (χ2n) is 5.09. The average Bonchev–Trinajstić information content (AvgIpc) is 3.24. The topological polar surface area (TPSA) is 77.6 Å². The molecule has 10 heteroatoms. The highest BCUT2D eigenvalue weighted by atomic mass is 19.4. The normalized spacial score (nSPS) is 11.5. The Morgan fingerprint density at radius 3 is 2.52 bits per heavy atom. The second-order valence-corrected chi connectivity index (χ2v) is 5.09. The lowest BCUT2D eigenvalue weighted by Crippen LogP contribution is -2.17. The number of aromatic nitrogens is 5. The van der Waals surface area contributed by atoms with Crippen molar-refractivity contribution in [3.63, 3.8) is 0 Å². The second kappa shape index (κ2) is 6.38. The number of carbonyl (C=O) groups is 1. The highest BCUT2D eigenvalue weighted by Gasteiger charge is 2.39. The van der Waals surface area contributed by atoms with E-state index in [0.29, 0.717) is 11.4 Å². The maximum absolute atomic E-state index is 13.0. The van der Waals surface area contributed by atoms with Crippen molar-refractivity contribution in [1.82, 2.24) is 24.8 Å². The van der Waals surface area contributed by atoms with Crippen LogP contribution in [0.1, 0.15) is 23.0 Å². The van der Waals surface area contributed by atoms with Crippen LogP contribution in [-0.4, -0.2) is 30.7 Å². The minimum Gasteiger partial charge on any atom is -0.322 e. The summed E-state index contributed by atoms with van der Waals surface area (Å²) in [5.74, 6) is -0.875. The smallest absolute Gasteiger partial charge is 0.322 e. The molecule has 0 radical (unpaired) electrons. The third kappa shape index (κ3) is 3.52. The van der Waals surface area contributed by atoms with Crippen molar-refractivity contribution in [3.8, 4) is 5.69 Å². The van der Waals surface area contributed by atoms with E-state index in [4.69, 9.17) is 0 Å². The van der Waals surface area contributed by atoms with Gasteiger partial charge < -0.3 is 5.32 Å². The third-order valence-corrected chi connectivity index (χ3v) is 3.41. The van der Waals surface area contributed by atoms with Gasteiger partial charge in [0.2, 0.25) is 0 Å². The molecule has 0 aliphatic rings. The van der Waals surface area contributed by atoms with Crippen molar-refractivity contribution in [3.05, 3.63) is 54.1 Å². The maximum Gasteiger partial charge on any atom is 0.435 e. The number of aryl methyl sites for hydroxylation is 1. The number of nitrogens with zero attached hydrogens (tertiary/aromatic N) is 5. The number of halogens is 3. The minimum atomic E-state index is -4.70. The van der Waals surface area contributed by atoms with Crippen LogP contribution >= 0.6 is 0 Å². The van der Waals surface area contributed by atoms with Crippen LogP contribution in [0.25, 0.3) is 5.69 Å². The van der Waals surface area contributed by atoms with Gasteiger partial charge in [-0.1, -0.05) is 5.21 Å². The van der Waals surface area contributed by atoms with Crippen LogP contribution in [0.4, 0.5) is 18.9 Å². The first-order chi connectivity index (χ1) is 11.9. The summed E-state index contributed by atoms with van der Waals surface area (Å²) >= 11 is 0. The fraction of sp³-hybridized carbons (Fsp3) is 0.200. The van der Waals surface area contributed by atoms with Crippen molar-refractivity contribution in [1.29, 1.82) is 0 Å². The van der Waals surface area contributed by atoms with E-state index < -0.39 is 23.3 Å². The van der Waals surface area contributed by atoms with E-state index in [1.54, 1.807) is 37.4 Å². The van der Waals surface area contributed by atoms with Gasteiger partial charge in [0.15, 0.2) is 5.69 Å². The van der Waals surface area contributed by atoms with E-state index in [2.05, 4.69) is 20.7 Å². The largest absolute Gasteiger partial charge is 0.435 e. The number of hydrogen-bond acceptors (Lipinski definition) is 4. The molecule has 25 heavy (non-hydrogen) atoms. The molecule has 130 valence electrons. The van der Waals surface area contributed by atoms with Gasteiger partial charge in [0.05, 0.1) is 23.6 Å². The fourth-order valence-corrected chi connectivity index (χ4v) is 2.20. The Labute approximate surface area is 140 Å². The summed E-state index contributed by atoms with van der Waals surface area (Å²) < 4.78 is 41.7. The molecule has 1 amide bonds. The fourth-order valence-electron chi connectivity index (χ4n) is 2.20. The molecule has 0 unspecified atom stereocenters. The van der Waals surface area contributed by atoms with Crippen molar-refractivity contribution in [2.45, 2.75) is 19.6 Å². The van der Waals surface area contributed by atoms with E-state index in [9.17, 15) is 18.0 Å². The molecule has 0 saturated heterocycles. The predicted octanol–water partition coefficient (Wildman–Crippen LogP) is 2.75. The Hall–Kier alpha value is -3.17. The first-order valence-corrected chi connectivity index (χ1v) is 7.31. The number of benzene rings is 1.